The molecule has 1 fully saturated rings. The Hall–Kier alpha value is -0.120. The van der Waals surface area contributed by atoms with Crippen LogP contribution in [0, 0.1) is 0 Å². The SMILES string of the molecule is CCCN1CCN(CCCCCCN)CC1. The molecular weight excluding hydrogens is 198 g/mol. The van der Waals surface area contributed by atoms with E-state index in [1.165, 1.54) is 71.4 Å². The van der Waals surface area contributed by atoms with Gasteiger partial charge in [0.25, 0.3) is 0 Å². The first-order chi connectivity index (χ1) is 7.86. The van der Waals surface area contributed by atoms with Crippen molar-refractivity contribution in [2.45, 2.75) is 39.0 Å². The fraction of sp³-hybridized carbons (Fsp3) is 1.00. The summed E-state index contributed by atoms with van der Waals surface area (Å²) in [6.45, 7) is 10.8. The summed E-state index contributed by atoms with van der Waals surface area (Å²) in [5.41, 5.74) is 5.48. The van der Waals surface area contributed by atoms with E-state index < -0.39 is 0 Å². The normalized spacial score (nSPS) is 19.1. The van der Waals surface area contributed by atoms with Crippen molar-refractivity contribution in [3.05, 3.63) is 0 Å². The average molecular weight is 227 g/mol. The summed E-state index contributed by atoms with van der Waals surface area (Å²) < 4.78 is 0. The van der Waals surface area contributed by atoms with Gasteiger partial charge in [0.2, 0.25) is 0 Å². The summed E-state index contributed by atoms with van der Waals surface area (Å²) in [4.78, 5) is 5.21. The molecule has 0 aromatic rings. The summed E-state index contributed by atoms with van der Waals surface area (Å²) in [5.74, 6) is 0. The molecule has 96 valence electrons. The smallest absolute Gasteiger partial charge is 0.0110 e. The molecule has 0 radical (unpaired) electrons. The molecule has 0 aromatic heterocycles. The summed E-state index contributed by atoms with van der Waals surface area (Å²) in [5, 5.41) is 0. The van der Waals surface area contributed by atoms with Gasteiger partial charge in [-0.1, -0.05) is 19.8 Å². The van der Waals surface area contributed by atoms with Crippen LogP contribution in [0.15, 0.2) is 0 Å². The lowest BCUT2D eigenvalue weighted by atomic mass is 10.2. The van der Waals surface area contributed by atoms with Crippen molar-refractivity contribution >= 4 is 0 Å². The van der Waals surface area contributed by atoms with Crippen LogP contribution in [0.1, 0.15) is 39.0 Å². The maximum Gasteiger partial charge on any atom is 0.0110 e. The Morgan fingerprint density at radius 2 is 1.38 bits per heavy atom. The molecule has 0 atom stereocenters. The van der Waals surface area contributed by atoms with Gasteiger partial charge in [0.15, 0.2) is 0 Å². The fourth-order valence-corrected chi connectivity index (χ4v) is 2.39. The molecule has 0 amide bonds. The maximum atomic E-state index is 5.48. The molecule has 0 aromatic carbocycles. The Morgan fingerprint density at radius 3 is 1.94 bits per heavy atom. The minimum atomic E-state index is 0.857. The van der Waals surface area contributed by atoms with Crippen molar-refractivity contribution in [1.82, 2.24) is 9.80 Å². The quantitative estimate of drug-likeness (QED) is 0.638. The molecule has 0 spiro atoms. The molecule has 0 aliphatic carbocycles. The van der Waals surface area contributed by atoms with Crippen LogP contribution >= 0.6 is 0 Å². The number of unbranched alkanes of at least 4 members (excludes halogenated alkanes) is 3. The van der Waals surface area contributed by atoms with Gasteiger partial charge in [-0.15, -0.1) is 0 Å². The van der Waals surface area contributed by atoms with Crippen LogP contribution < -0.4 is 5.73 Å². The number of nitrogens with zero attached hydrogens (tertiary/aromatic N) is 2. The van der Waals surface area contributed by atoms with Crippen molar-refractivity contribution in [2.24, 2.45) is 5.73 Å². The van der Waals surface area contributed by atoms with Crippen molar-refractivity contribution in [1.29, 1.82) is 0 Å². The van der Waals surface area contributed by atoms with Gasteiger partial charge in [-0.25, -0.2) is 0 Å². The van der Waals surface area contributed by atoms with Crippen LogP contribution in [-0.2, 0) is 0 Å². The van der Waals surface area contributed by atoms with Crippen molar-refractivity contribution < 1.29 is 0 Å². The third-order valence-electron chi connectivity index (χ3n) is 3.43. The Bertz CT molecular complexity index is 153. The van der Waals surface area contributed by atoms with Gasteiger partial charge in [0.05, 0.1) is 0 Å². The maximum absolute atomic E-state index is 5.48. The Balaban J connectivity index is 1.95. The van der Waals surface area contributed by atoms with Crippen LogP contribution in [-0.4, -0.2) is 55.6 Å². The van der Waals surface area contributed by atoms with Crippen LogP contribution in [0.4, 0.5) is 0 Å². The summed E-state index contributed by atoms with van der Waals surface area (Å²) in [6.07, 6.45) is 6.51. The lowest BCUT2D eigenvalue weighted by Gasteiger charge is -2.34. The standard InChI is InChI=1S/C13H29N3/c1-2-8-15-10-12-16(13-11-15)9-6-4-3-5-7-14/h2-14H2,1H3. The van der Waals surface area contributed by atoms with Gasteiger partial charge >= 0.3 is 0 Å². The average Bonchev–Trinajstić information content (AvgIpc) is 2.31. The number of piperazine rings is 1. The molecule has 1 saturated heterocycles. The molecule has 0 saturated carbocycles. The number of hydrogen-bond donors (Lipinski definition) is 1. The van der Waals surface area contributed by atoms with E-state index in [1.54, 1.807) is 0 Å². The van der Waals surface area contributed by atoms with E-state index in [0.29, 0.717) is 0 Å². The van der Waals surface area contributed by atoms with Gasteiger partial charge < -0.3 is 15.5 Å². The third-order valence-corrected chi connectivity index (χ3v) is 3.43. The zero-order valence-electron chi connectivity index (χ0n) is 11.0. The molecule has 16 heavy (non-hydrogen) atoms. The molecule has 1 aliphatic heterocycles. The second-order valence-corrected chi connectivity index (χ2v) is 4.89. The third kappa shape index (κ3) is 5.83. The van der Waals surface area contributed by atoms with Crippen LogP contribution in [0.25, 0.3) is 0 Å². The van der Waals surface area contributed by atoms with E-state index in [0.717, 1.165) is 6.54 Å². The van der Waals surface area contributed by atoms with Gasteiger partial charge in [-0.3, -0.25) is 0 Å². The molecule has 1 rings (SSSR count). The number of nitrogens with two attached hydrogens (primary N) is 1. The number of hydrogen-bond acceptors (Lipinski definition) is 3. The lowest BCUT2D eigenvalue weighted by molar-refractivity contribution is 0.131. The zero-order chi connectivity index (χ0) is 11.6. The Morgan fingerprint density at radius 1 is 0.812 bits per heavy atom. The highest BCUT2D eigenvalue weighted by Gasteiger charge is 2.14. The van der Waals surface area contributed by atoms with Gasteiger partial charge in [-0.2, -0.15) is 0 Å². The number of rotatable bonds is 8. The van der Waals surface area contributed by atoms with E-state index in [4.69, 9.17) is 5.73 Å². The monoisotopic (exact) mass is 227 g/mol. The predicted molar refractivity (Wildman–Crippen MR) is 70.7 cm³/mol. The van der Waals surface area contributed by atoms with Gasteiger partial charge in [0, 0.05) is 26.2 Å². The molecular formula is C13H29N3. The Kier molecular flexibility index (Phi) is 7.81. The second kappa shape index (κ2) is 8.97. The fourth-order valence-electron chi connectivity index (χ4n) is 2.39. The van der Waals surface area contributed by atoms with E-state index >= 15 is 0 Å². The van der Waals surface area contributed by atoms with Crippen molar-refractivity contribution in [3.8, 4) is 0 Å². The molecule has 1 aliphatic rings. The largest absolute Gasteiger partial charge is 0.330 e. The highest BCUT2D eigenvalue weighted by molar-refractivity contribution is 4.71. The molecule has 0 unspecified atom stereocenters. The summed E-state index contributed by atoms with van der Waals surface area (Å²) in [7, 11) is 0. The molecule has 2 N–H and O–H groups in total. The minimum absolute atomic E-state index is 0.857. The summed E-state index contributed by atoms with van der Waals surface area (Å²) >= 11 is 0. The minimum Gasteiger partial charge on any atom is -0.330 e. The van der Waals surface area contributed by atoms with Crippen LogP contribution in [0.2, 0.25) is 0 Å². The van der Waals surface area contributed by atoms with Gasteiger partial charge in [-0.05, 0) is 38.9 Å². The van der Waals surface area contributed by atoms with E-state index in [9.17, 15) is 0 Å². The van der Waals surface area contributed by atoms with Gasteiger partial charge in [0.1, 0.15) is 0 Å². The summed E-state index contributed by atoms with van der Waals surface area (Å²) in [6, 6.07) is 0. The predicted octanol–water partition coefficient (Wildman–Crippen LogP) is 1.53. The molecule has 1 heterocycles. The van der Waals surface area contributed by atoms with Crippen LogP contribution in [0.5, 0.6) is 0 Å². The highest BCUT2D eigenvalue weighted by Crippen LogP contribution is 2.05. The lowest BCUT2D eigenvalue weighted by Crippen LogP contribution is -2.46. The van der Waals surface area contributed by atoms with Crippen molar-refractivity contribution in [3.63, 3.8) is 0 Å². The van der Waals surface area contributed by atoms with E-state index in [1.807, 2.05) is 0 Å². The van der Waals surface area contributed by atoms with E-state index in [2.05, 4.69) is 16.7 Å². The second-order valence-electron chi connectivity index (χ2n) is 4.89. The highest BCUT2D eigenvalue weighted by atomic mass is 15.3. The van der Waals surface area contributed by atoms with Crippen LogP contribution in [0.3, 0.4) is 0 Å². The first kappa shape index (κ1) is 13.9. The first-order valence-corrected chi connectivity index (χ1v) is 7.01. The zero-order valence-corrected chi connectivity index (χ0v) is 11.0. The topological polar surface area (TPSA) is 32.5 Å². The molecule has 3 heteroatoms. The molecule has 0 bridgehead atoms. The Labute approximate surface area is 101 Å². The van der Waals surface area contributed by atoms with E-state index in [-0.39, 0.29) is 0 Å². The first-order valence-electron chi connectivity index (χ1n) is 7.01. The van der Waals surface area contributed by atoms with Crippen molar-refractivity contribution in [2.75, 3.05) is 45.8 Å². The molecule has 3 nitrogen and oxygen atoms in total.